The monoisotopic (exact) mass is 355 g/mol. The van der Waals surface area contributed by atoms with Gasteiger partial charge < -0.3 is 9.47 Å². The van der Waals surface area contributed by atoms with E-state index in [2.05, 4.69) is 22.9 Å². The van der Waals surface area contributed by atoms with Crippen LogP contribution in [0.2, 0.25) is 0 Å². The predicted molar refractivity (Wildman–Crippen MR) is 93.1 cm³/mol. The van der Waals surface area contributed by atoms with Gasteiger partial charge in [-0.3, -0.25) is 4.99 Å². The van der Waals surface area contributed by atoms with Gasteiger partial charge in [-0.15, -0.1) is 0 Å². The van der Waals surface area contributed by atoms with Gasteiger partial charge >= 0.3 is 6.18 Å². The van der Waals surface area contributed by atoms with E-state index in [4.69, 9.17) is 4.74 Å². The van der Waals surface area contributed by atoms with Gasteiger partial charge in [0.25, 0.3) is 0 Å². The molecule has 23 heavy (non-hydrogen) atoms. The van der Waals surface area contributed by atoms with E-state index in [0.29, 0.717) is 13.2 Å². The number of allylic oxidation sites excluding steroid dienone is 2. The molecule has 0 radical (unpaired) electrons. The van der Waals surface area contributed by atoms with E-state index in [0.717, 1.165) is 6.42 Å². The van der Waals surface area contributed by atoms with E-state index in [9.17, 15) is 13.2 Å². The van der Waals surface area contributed by atoms with Crippen molar-refractivity contribution in [2.24, 2.45) is 10.9 Å². The summed E-state index contributed by atoms with van der Waals surface area (Å²) in [5.74, 6) is -1.31. The van der Waals surface area contributed by atoms with Crippen molar-refractivity contribution >= 4 is 18.0 Å². The Morgan fingerprint density at radius 1 is 1.26 bits per heavy atom. The Balaban J connectivity index is 0. The lowest BCUT2D eigenvalue weighted by molar-refractivity contribution is -0.122. The van der Waals surface area contributed by atoms with Crippen LogP contribution >= 0.6 is 11.8 Å². The molecular formula is C16H28F3NO2S. The lowest BCUT2D eigenvalue weighted by atomic mass is 10.1. The third-order valence-electron chi connectivity index (χ3n) is 2.39. The Morgan fingerprint density at radius 2 is 1.78 bits per heavy atom. The zero-order chi connectivity index (χ0) is 18.5. The Kier molecular flexibility index (Phi) is 14.3. The summed E-state index contributed by atoms with van der Waals surface area (Å²) in [6, 6.07) is -0.152. The highest BCUT2D eigenvalue weighted by molar-refractivity contribution is 7.97. The zero-order valence-electron chi connectivity index (χ0n) is 14.6. The number of thioether (sulfide) groups is 1. The molecule has 0 saturated carbocycles. The molecular weight excluding hydrogens is 327 g/mol. The first-order chi connectivity index (χ1) is 10.6. The molecule has 0 aliphatic rings. The van der Waals surface area contributed by atoms with Gasteiger partial charge in [-0.25, -0.2) is 0 Å². The van der Waals surface area contributed by atoms with Crippen LogP contribution in [0.4, 0.5) is 13.2 Å². The van der Waals surface area contributed by atoms with E-state index >= 15 is 0 Å². The third-order valence-corrected chi connectivity index (χ3v) is 2.39. The number of halogens is 3. The van der Waals surface area contributed by atoms with Gasteiger partial charge in [0.15, 0.2) is 0 Å². The van der Waals surface area contributed by atoms with Crippen LogP contribution in [0.25, 0.3) is 0 Å². The van der Waals surface area contributed by atoms with Crippen molar-refractivity contribution in [3.63, 3.8) is 0 Å². The van der Waals surface area contributed by atoms with E-state index < -0.39 is 11.9 Å². The number of hydrogen-bond donors (Lipinski definition) is 0. The summed E-state index contributed by atoms with van der Waals surface area (Å²) in [4.78, 5) is 4.15. The van der Waals surface area contributed by atoms with Crippen LogP contribution in [0, 0.1) is 5.92 Å². The third kappa shape index (κ3) is 14.4. The standard InChI is InChI=1S/C14H22F3NO2.C2H6S/c1-6-7-19-9-13(10(2)3)18-8-11(4)20-12(5)14(15,16)17;1-3-2/h8,10,13H,4-7,9H2,1-3H3;1-2H3/t13-;/m0./s1. The number of rotatable bonds is 9. The van der Waals surface area contributed by atoms with Crippen molar-refractivity contribution < 1.29 is 22.6 Å². The van der Waals surface area contributed by atoms with E-state index in [1.54, 1.807) is 11.8 Å². The van der Waals surface area contributed by atoms with Gasteiger partial charge in [0.2, 0.25) is 5.76 Å². The van der Waals surface area contributed by atoms with Gasteiger partial charge in [0.1, 0.15) is 5.76 Å². The lowest BCUT2D eigenvalue weighted by Crippen LogP contribution is -2.21. The molecule has 1 atom stereocenters. The largest absolute Gasteiger partial charge is 0.452 e. The normalized spacial score (nSPS) is 12.7. The Morgan fingerprint density at radius 3 is 2.17 bits per heavy atom. The fourth-order valence-corrected chi connectivity index (χ4v) is 1.18. The highest BCUT2D eigenvalue weighted by Gasteiger charge is 2.34. The van der Waals surface area contributed by atoms with Gasteiger partial charge in [0.05, 0.1) is 18.9 Å². The second-order valence-corrected chi connectivity index (χ2v) is 5.88. The number of ether oxygens (including phenoxy) is 2. The second-order valence-electron chi connectivity index (χ2n) is 5.06. The van der Waals surface area contributed by atoms with Crippen LogP contribution in [0.15, 0.2) is 29.7 Å². The predicted octanol–water partition coefficient (Wildman–Crippen LogP) is 5.09. The summed E-state index contributed by atoms with van der Waals surface area (Å²) in [5.41, 5.74) is 0. The number of aliphatic imine (C=N–C) groups is 1. The Hall–Kier alpha value is -0.950. The van der Waals surface area contributed by atoms with Crippen molar-refractivity contribution in [2.75, 3.05) is 25.7 Å². The summed E-state index contributed by atoms with van der Waals surface area (Å²) in [7, 11) is 0. The molecule has 0 aliphatic carbocycles. The summed E-state index contributed by atoms with van der Waals surface area (Å²) in [6.07, 6.45) is 1.56. The van der Waals surface area contributed by atoms with Gasteiger partial charge in [-0.2, -0.15) is 24.9 Å². The summed E-state index contributed by atoms with van der Waals surface area (Å²) >= 11 is 1.75. The van der Waals surface area contributed by atoms with Crippen molar-refractivity contribution in [3.8, 4) is 0 Å². The van der Waals surface area contributed by atoms with Gasteiger partial charge in [-0.05, 0) is 24.9 Å². The van der Waals surface area contributed by atoms with Crippen LogP contribution in [0.1, 0.15) is 27.2 Å². The SMILES string of the molecule is C=C(C=N[C@@H](COCCC)C(C)C)OC(=C)C(F)(F)F.CSC. The van der Waals surface area contributed by atoms with Gasteiger partial charge in [-0.1, -0.05) is 33.9 Å². The number of alkyl halides is 3. The van der Waals surface area contributed by atoms with Crippen molar-refractivity contribution in [3.05, 3.63) is 24.7 Å². The van der Waals surface area contributed by atoms with Crippen LogP contribution in [0.5, 0.6) is 0 Å². The molecule has 0 unspecified atom stereocenters. The minimum atomic E-state index is -4.60. The molecule has 0 amide bonds. The minimum Gasteiger partial charge on any atom is -0.452 e. The van der Waals surface area contributed by atoms with Crippen LogP contribution < -0.4 is 0 Å². The molecule has 0 fully saturated rings. The summed E-state index contributed by atoms with van der Waals surface area (Å²) in [6.45, 7) is 13.1. The summed E-state index contributed by atoms with van der Waals surface area (Å²) < 4.78 is 46.5. The quantitative estimate of drug-likeness (QED) is 0.328. The maximum absolute atomic E-state index is 12.2. The van der Waals surface area contributed by atoms with E-state index in [1.807, 2.05) is 33.3 Å². The lowest BCUT2D eigenvalue weighted by Gasteiger charge is -2.17. The van der Waals surface area contributed by atoms with E-state index in [1.165, 1.54) is 6.21 Å². The molecule has 3 nitrogen and oxygen atoms in total. The van der Waals surface area contributed by atoms with Crippen molar-refractivity contribution in [1.29, 1.82) is 0 Å². The van der Waals surface area contributed by atoms with Crippen molar-refractivity contribution in [2.45, 2.75) is 39.4 Å². The first kappa shape index (κ1) is 24.3. The fraction of sp³-hybridized carbons (Fsp3) is 0.688. The molecule has 0 bridgehead atoms. The van der Waals surface area contributed by atoms with Crippen LogP contribution in [-0.4, -0.2) is 44.2 Å². The second kappa shape index (κ2) is 13.5. The van der Waals surface area contributed by atoms with Gasteiger partial charge in [0, 0.05) is 6.61 Å². The van der Waals surface area contributed by atoms with Crippen molar-refractivity contribution in [1.82, 2.24) is 0 Å². The Labute approximate surface area is 142 Å². The molecule has 0 aromatic carbocycles. The molecule has 0 aromatic rings. The average Bonchev–Trinajstić information content (AvgIpc) is 2.42. The highest BCUT2D eigenvalue weighted by Crippen LogP contribution is 2.26. The van der Waals surface area contributed by atoms with Crippen LogP contribution in [-0.2, 0) is 9.47 Å². The Bertz CT molecular complexity index is 369. The maximum atomic E-state index is 12.2. The topological polar surface area (TPSA) is 30.8 Å². The smallest absolute Gasteiger partial charge is 0.448 e. The molecule has 136 valence electrons. The zero-order valence-corrected chi connectivity index (χ0v) is 15.4. The first-order valence-corrected chi connectivity index (χ1v) is 8.87. The highest BCUT2D eigenvalue weighted by atomic mass is 32.2. The van der Waals surface area contributed by atoms with Crippen LogP contribution in [0.3, 0.4) is 0 Å². The molecule has 0 spiro atoms. The molecule has 0 N–H and O–H groups in total. The maximum Gasteiger partial charge on any atom is 0.448 e. The minimum absolute atomic E-state index is 0.152. The number of hydrogen-bond acceptors (Lipinski definition) is 4. The van der Waals surface area contributed by atoms with E-state index in [-0.39, 0.29) is 17.7 Å². The molecule has 0 heterocycles. The molecule has 0 aliphatic heterocycles. The first-order valence-electron chi connectivity index (χ1n) is 7.23. The average molecular weight is 355 g/mol. The fourth-order valence-electron chi connectivity index (χ4n) is 1.18. The molecule has 0 saturated heterocycles. The molecule has 0 aromatic heterocycles. The molecule has 0 rings (SSSR count). The number of nitrogens with zero attached hydrogens (tertiary/aromatic N) is 1. The summed E-state index contributed by atoms with van der Waals surface area (Å²) in [5, 5.41) is 0. The molecule has 7 heteroatoms.